The third kappa shape index (κ3) is 3.61. The molecular weight excluding hydrogens is 282 g/mol. The third-order valence-electron chi connectivity index (χ3n) is 3.73. The SMILES string of the molecule is O=C(NCc1ccc(N2CCCCC2)nc1)c1ccsc1. The lowest BCUT2D eigenvalue weighted by Gasteiger charge is -2.27. The van der Waals surface area contributed by atoms with Crippen molar-refractivity contribution in [3.63, 3.8) is 0 Å². The summed E-state index contributed by atoms with van der Waals surface area (Å²) in [7, 11) is 0. The molecule has 0 atom stereocenters. The first kappa shape index (κ1) is 14.1. The maximum atomic E-state index is 11.9. The number of carbonyl (C=O) groups excluding carboxylic acids is 1. The van der Waals surface area contributed by atoms with Crippen molar-refractivity contribution in [2.24, 2.45) is 0 Å². The van der Waals surface area contributed by atoms with Crippen LogP contribution in [-0.2, 0) is 6.54 Å². The van der Waals surface area contributed by atoms with Crippen LogP contribution in [0.5, 0.6) is 0 Å². The van der Waals surface area contributed by atoms with E-state index in [1.165, 1.54) is 30.6 Å². The zero-order chi connectivity index (χ0) is 14.5. The van der Waals surface area contributed by atoms with Gasteiger partial charge in [-0.2, -0.15) is 11.3 Å². The topological polar surface area (TPSA) is 45.2 Å². The number of piperidine rings is 1. The molecule has 1 fully saturated rings. The average molecular weight is 301 g/mol. The van der Waals surface area contributed by atoms with Crippen molar-refractivity contribution in [2.75, 3.05) is 18.0 Å². The first-order valence-corrected chi connectivity index (χ1v) is 8.27. The molecule has 1 saturated heterocycles. The highest BCUT2D eigenvalue weighted by atomic mass is 32.1. The Kier molecular flexibility index (Phi) is 4.50. The number of nitrogens with one attached hydrogen (secondary N) is 1. The fraction of sp³-hybridized carbons (Fsp3) is 0.375. The fourth-order valence-corrected chi connectivity index (χ4v) is 3.15. The number of hydrogen-bond donors (Lipinski definition) is 1. The van der Waals surface area contributed by atoms with E-state index in [0.717, 1.165) is 30.0 Å². The van der Waals surface area contributed by atoms with Crippen LogP contribution in [0, 0.1) is 0 Å². The highest BCUT2D eigenvalue weighted by Crippen LogP contribution is 2.17. The van der Waals surface area contributed by atoms with Crippen LogP contribution in [0.1, 0.15) is 35.2 Å². The Bertz CT molecular complexity index is 574. The van der Waals surface area contributed by atoms with E-state index in [-0.39, 0.29) is 5.91 Å². The second-order valence-electron chi connectivity index (χ2n) is 5.27. The van der Waals surface area contributed by atoms with E-state index in [1.807, 2.05) is 29.1 Å². The summed E-state index contributed by atoms with van der Waals surface area (Å²) in [6.07, 6.45) is 5.68. The molecule has 1 amide bonds. The summed E-state index contributed by atoms with van der Waals surface area (Å²) in [6, 6.07) is 5.93. The van der Waals surface area contributed by atoms with E-state index in [9.17, 15) is 4.79 Å². The van der Waals surface area contributed by atoms with E-state index in [4.69, 9.17) is 0 Å². The highest BCUT2D eigenvalue weighted by Gasteiger charge is 2.12. The molecule has 3 heterocycles. The van der Waals surface area contributed by atoms with Gasteiger partial charge in [-0.15, -0.1) is 0 Å². The Balaban J connectivity index is 1.55. The van der Waals surface area contributed by atoms with Crippen LogP contribution >= 0.6 is 11.3 Å². The van der Waals surface area contributed by atoms with Gasteiger partial charge in [-0.3, -0.25) is 4.79 Å². The lowest BCUT2D eigenvalue weighted by Crippen LogP contribution is -2.30. The predicted molar refractivity (Wildman–Crippen MR) is 85.8 cm³/mol. The van der Waals surface area contributed by atoms with Crippen molar-refractivity contribution >= 4 is 23.1 Å². The van der Waals surface area contributed by atoms with Crippen molar-refractivity contribution in [2.45, 2.75) is 25.8 Å². The molecule has 21 heavy (non-hydrogen) atoms. The van der Waals surface area contributed by atoms with E-state index in [0.29, 0.717) is 6.54 Å². The Labute approximate surface area is 128 Å². The summed E-state index contributed by atoms with van der Waals surface area (Å²) in [5.41, 5.74) is 1.75. The van der Waals surface area contributed by atoms with Gasteiger partial charge in [-0.25, -0.2) is 4.98 Å². The van der Waals surface area contributed by atoms with Crippen molar-refractivity contribution in [1.82, 2.24) is 10.3 Å². The summed E-state index contributed by atoms with van der Waals surface area (Å²) >= 11 is 1.53. The molecule has 3 rings (SSSR count). The number of thiophene rings is 1. The summed E-state index contributed by atoms with van der Waals surface area (Å²) < 4.78 is 0. The number of hydrogen-bond acceptors (Lipinski definition) is 4. The number of carbonyl (C=O) groups is 1. The fourth-order valence-electron chi connectivity index (χ4n) is 2.51. The minimum atomic E-state index is -0.0312. The quantitative estimate of drug-likeness (QED) is 0.944. The van der Waals surface area contributed by atoms with Crippen LogP contribution < -0.4 is 10.2 Å². The molecule has 0 radical (unpaired) electrons. The molecule has 0 bridgehead atoms. The van der Waals surface area contributed by atoms with E-state index >= 15 is 0 Å². The van der Waals surface area contributed by atoms with Gasteiger partial charge in [0.25, 0.3) is 5.91 Å². The molecule has 1 N–H and O–H groups in total. The molecule has 0 aromatic carbocycles. The largest absolute Gasteiger partial charge is 0.357 e. The summed E-state index contributed by atoms with van der Waals surface area (Å²) in [5.74, 6) is 1.01. The van der Waals surface area contributed by atoms with Crippen LogP contribution in [0.2, 0.25) is 0 Å². The number of pyridine rings is 1. The molecule has 0 spiro atoms. The van der Waals surface area contributed by atoms with Crippen molar-refractivity contribution in [3.05, 3.63) is 46.3 Å². The molecule has 110 valence electrons. The Morgan fingerprint density at radius 3 is 2.76 bits per heavy atom. The minimum Gasteiger partial charge on any atom is -0.357 e. The average Bonchev–Trinajstić information content (AvgIpc) is 3.08. The molecule has 0 unspecified atom stereocenters. The molecule has 1 aliphatic rings. The number of nitrogens with zero attached hydrogens (tertiary/aromatic N) is 2. The van der Waals surface area contributed by atoms with Gasteiger partial charge in [-0.1, -0.05) is 6.07 Å². The lowest BCUT2D eigenvalue weighted by atomic mass is 10.1. The molecule has 2 aromatic rings. The zero-order valence-corrected chi connectivity index (χ0v) is 12.7. The monoisotopic (exact) mass is 301 g/mol. The normalized spacial score (nSPS) is 15.0. The van der Waals surface area contributed by atoms with Gasteiger partial charge in [0, 0.05) is 36.8 Å². The van der Waals surface area contributed by atoms with Gasteiger partial charge in [-0.05, 0) is 42.3 Å². The standard InChI is InChI=1S/C16H19N3OS/c20-16(14-6-9-21-12-14)18-11-13-4-5-15(17-10-13)19-7-2-1-3-8-19/h4-6,9-10,12H,1-3,7-8,11H2,(H,18,20). The maximum absolute atomic E-state index is 11.9. The van der Waals surface area contributed by atoms with Gasteiger partial charge in [0.2, 0.25) is 0 Å². The number of rotatable bonds is 4. The lowest BCUT2D eigenvalue weighted by molar-refractivity contribution is 0.0951. The first-order valence-electron chi connectivity index (χ1n) is 7.33. The number of amides is 1. The Morgan fingerprint density at radius 2 is 2.10 bits per heavy atom. The molecule has 4 nitrogen and oxygen atoms in total. The van der Waals surface area contributed by atoms with Crippen LogP contribution in [0.15, 0.2) is 35.2 Å². The zero-order valence-electron chi connectivity index (χ0n) is 11.9. The van der Waals surface area contributed by atoms with Gasteiger partial charge in [0.15, 0.2) is 0 Å². The van der Waals surface area contributed by atoms with Gasteiger partial charge in [0.05, 0.1) is 0 Å². The first-order chi connectivity index (χ1) is 10.3. The molecular formula is C16H19N3OS. The third-order valence-corrected chi connectivity index (χ3v) is 4.41. The summed E-state index contributed by atoms with van der Waals surface area (Å²) in [6.45, 7) is 2.71. The smallest absolute Gasteiger partial charge is 0.252 e. The molecule has 2 aromatic heterocycles. The minimum absolute atomic E-state index is 0.0312. The highest BCUT2D eigenvalue weighted by molar-refractivity contribution is 7.08. The van der Waals surface area contributed by atoms with Gasteiger partial charge >= 0.3 is 0 Å². The second-order valence-corrected chi connectivity index (χ2v) is 6.05. The number of anilines is 1. The van der Waals surface area contributed by atoms with Crippen molar-refractivity contribution < 1.29 is 4.79 Å². The van der Waals surface area contributed by atoms with Gasteiger partial charge < -0.3 is 10.2 Å². The molecule has 0 saturated carbocycles. The molecule has 5 heteroatoms. The van der Waals surface area contributed by atoms with Crippen LogP contribution in [0.3, 0.4) is 0 Å². The summed E-state index contributed by atoms with van der Waals surface area (Å²) in [5, 5.41) is 6.68. The van der Waals surface area contributed by atoms with Gasteiger partial charge in [0.1, 0.15) is 5.82 Å². The van der Waals surface area contributed by atoms with E-state index < -0.39 is 0 Å². The van der Waals surface area contributed by atoms with Crippen LogP contribution in [0.4, 0.5) is 5.82 Å². The van der Waals surface area contributed by atoms with E-state index in [1.54, 1.807) is 0 Å². The van der Waals surface area contributed by atoms with Crippen molar-refractivity contribution in [3.8, 4) is 0 Å². The van der Waals surface area contributed by atoms with Crippen LogP contribution in [-0.4, -0.2) is 24.0 Å². The molecule has 1 aliphatic heterocycles. The Morgan fingerprint density at radius 1 is 1.24 bits per heavy atom. The second kappa shape index (κ2) is 6.72. The van der Waals surface area contributed by atoms with Crippen LogP contribution in [0.25, 0.3) is 0 Å². The number of aromatic nitrogens is 1. The van der Waals surface area contributed by atoms with Crippen molar-refractivity contribution in [1.29, 1.82) is 0 Å². The maximum Gasteiger partial charge on any atom is 0.252 e. The molecule has 0 aliphatic carbocycles. The Hall–Kier alpha value is -1.88. The van der Waals surface area contributed by atoms with E-state index in [2.05, 4.69) is 21.3 Å². The summed E-state index contributed by atoms with van der Waals surface area (Å²) in [4.78, 5) is 18.7. The predicted octanol–water partition coefficient (Wildman–Crippen LogP) is 3.06.